The van der Waals surface area contributed by atoms with E-state index in [1.165, 1.54) is 0 Å². The van der Waals surface area contributed by atoms with E-state index in [-0.39, 0.29) is 5.92 Å². The molecule has 7 nitrogen and oxygen atoms in total. The Balaban J connectivity index is 1.91. The molecule has 7 heteroatoms. The minimum atomic E-state index is -0.864. The first kappa shape index (κ1) is 19.6. The van der Waals surface area contributed by atoms with E-state index in [2.05, 4.69) is 9.97 Å². The fraction of sp³-hybridized carbons (Fsp3) is 0.286. The highest BCUT2D eigenvalue weighted by atomic mass is 16.5. The first-order valence-corrected chi connectivity index (χ1v) is 8.92. The standard InChI is InChI=1S/C21H23N3O4/c1-13(2)21(3,20(25)24-26)14-5-7-15(8-6-14)28-17-11-12-22-19-16(17)9-10-18(23-19)27-4/h5-13,26H,1-4H3,(H,24,25)/t21-/m1/s1. The minimum Gasteiger partial charge on any atom is -0.481 e. The predicted molar refractivity (Wildman–Crippen MR) is 105 cm³/mol. The Morgan fingerprint density at radius 2 is 1.86 bits per heavy atom. The molecular formula is C21H23N3O4. The van der Waals surface area contributed by atoms with E-state index in [1.807, 2.05) is 32.0 Å². The summed E-state index contributed by atoms with van der Waals surface area (Å²) in [5.41, 5.74) is 2.22. The number of nitrogens with one attached hydrogen (secondary N) is 1. The van der Waals surface area contributed by atoms with Gasteiger partial charge in [-0.05, 0) is 42.7 Å². The molecule has 0 radical (unpaired) electrons. The van der Waals surface area contributed by atoms with Gasteiger partial charge < -0.3 is 9.47 Å². The molecule has 0 spiro atoms. The quantitative estimate of drug-likeness (QED) is 0.498. The Kier molecular flexibility index (Phi) is 5.46. The summed E-state index contributed by atoms with van der Waals surface area (Å²) in [6.07, 6.45) is 1.62. The van der Waals surface area contributed by atoms with Crippen molar-refractivity contribution in [1.29, 1.82) is 0 Å². The number of nitrogens with zero attached hydrogens (tertiary/aromatic N) is 2. The smallest absolute Gasteiger partial charge is 0.253 e. The molecule has 2 N–H and O–H groups in total. The van der Waals surface area contributed by atoms with Crippen LogP contribution in [0.2, 0.25) is 0 Å². The highest BCUT2D eigenvalue weighted by Gasteiger charge is 2.38. The summed E-state index contributed by atoms with van der Waals surface area (Å²) in [6.45, 7) is 5.67. The van der Waals surface area contributed by atoms with E-state index < -0.39 is 11.3 Å². The number of amides is 1. The van der Waals surface area contributed by atoms with Crippen LogP contribution in [0.15, 0.2) is 48.7 Å². The van der Waals surface area contributed by atoms with Gasteiger partial charge in [0.05, 0.1) is 17.9 Å². The molecule has 0 aliphatic carbocycles. The predicted octanol–water partition coefficient (Wildman–Crippen LogP) is 3.85. The third-order valence-electron chi connectivity index (χ3n) is 5.16. The Morgan fingerprint density at radius 1 is 1.14 bits per heavy atom. The third kappa shape index (κ3) is 3.48. The molecule has 2 aromatic heterocycles. The average molecular weight is 381 g/mol. The summed E-state index contributed by atoms with van der Waals surface area (Å²) in [7, 11) is 1.55. The van der Waals surface area contributed by atoms with Crippen LogP contribution in [0.3, 0.4) is 0 Å². The Morgan fingerprint density at radius 3 is 2.46 bits per heavy atom. The zero-order chi connectivity index (χ0) is 20.3. The van der Waals surface area contributed by atoms with Crippen LogP contribution in [-0.4, -0.2) is 28.2 Å². The topological polar surface area (TPSA) is 93.6 Å². The molecule has 0 saturated carbocycles. The molecule has 1 aromatic carbocycles. The summed E-state index contributed by atoms with van der Waals surface area (Å²) in [6, 6.07) is 12.6. The SMILES string of the molecule is COc1ccc2c(Oc3ccc([C@](C)(C(=O)NO)C(C)C)cc3)ccnc2n1. The maximum absolute atomic E-state index is 12.2. The lowest BCUT2D eigenvalue weighted by Gasteiger charge is -2.31. The number of aromatic nitrogens is 2. The molecule has 0 aliphatic heterocycles. The maximum atomic E-state index is 12.2. The van der Waals surface area contributed by atoms with E-state index in [1.54, 1.807) is 50.0 Å². The zero-order valence-electron chi connectivity index (χ0n) is 16.3. The van der Waals surface area contributed by atoms with Crippen molar-refractivity contribution in [2.75, 3.05) is 7.11 Å². The van der Waals surface area contributed by atoms with Crippen molar-refractivity contribution in [3.63, 3.8) is 0 Å². The van der Waals surface area contributed by atoms with Crippen LogP contribution in [-0.2, 0) is 10.2 Å². The van der Waals surface area contributed by atoms with Gasteiger partial charge in [0.15, 0.2) is 5.65 Å². The van der Waals surface area contributed by atoms with Crippen molar-refractivity contribution in [1.82, 2.24) is 15.4 Å². The zero-order valence-corrected chi connectivity index (χ0v) is 16.3. The maximum Gasteiger partial charge on any atom is 0.253 e. The second-order valence-corrected chi connectivity index (χ2v) is 6.96. The molecule has 2 heterocycles. The van der Waals surface area contributed by atoms with E-state index >= 15 is 0 Å². The van der Waals surface area contributed by atoms with Crippen LogP contribution in [0.5, 0.6) is 17.4 Å². The second kappa shape index (κ2) is 7.82. The Bertz CT molecular complexity index is 989. The van der Waals surface area contributed by atoms with Crippen LogP contribution in [0, 0.1) is 5.92 Å². The fourth-order valence-electron chi connectivity index (χ4n) is 3.03. The fourth-order valence-corrected chi connectivity index (χ4v) is 3.03. The van der Waals surface area contributed by atoms with Crippen LogP contribution < -0.4 is 15.0 Å². The summed E-state index contributed by atoms with van der Waals surface area (Å²) < 4.78 is 11.1. The molecule has 146 valence electrons. The lowest BCUT2D eigenvalue weighted by molar-refractivity contribution is -0.136. The molecule has 1 atom stereocenters. The molecule has 0 saturated heterocycles. The molecule has 3 rings (SSSR count). The Hall–Kier alpha value is -3.19. The highest BCUT2D eigenvalue weighted by molar-refractivity contribution is 5.87. The normalized spacial score (nSPS) is 13.2. The lowest BCUT2D eigenvalue weighted by atomic mass is 9.73. The van der Waals surface area contributed by atoms with Crippen molar-refractivity contribution in [3.8, 4) is 17.4 Å². The number of hydroxylamine groups is 1. The molecular weight excluding hydrogens is 358 g/mol. The van der Waals surface area contributed by atoms with Crippen molar-refractivity contribution >= 4 is 16.9 Å². The van der Waals surface area contributed by atoms with Gasteiger partial charge in [0, 0.05) is 12.3 Å². The summed E-state index contributed by atoms with van der Waals surface area (Å²) in [5, 5.41) is 9.89. The first-order valence-electron chi connectivity index (χ1n) is 8.92. The van der Waals surface area contributed by atoms with Crippen molar-refractivity contribution in [2.45, 2.75) is 26.2 Å². The monoisotopic (exact) mass is 381 g/mol. The summed E-state index contributed by atoms with van der Waals surface area (Å²) in [5.74, 6) is 1.25. The number of benzene rings is 1. The lowest BCUT2D eigenvalue weighted by Crippen LogP contribution is -2.44. The number of hydrogen-bond donors (Lipinski definition) is 2. The van der Waals surface area contributed by atoms with Gasteiger partial charge in [-0.3, -0.25) is 10.0 Å². The number of fused-ring (bicyclic) bond motifs is 1. The molecule has 3 aromatic rings. The van der Waals surface area contributed by atoms with Gasteiger partial charge in [-0.2, -0.15) is 4.98 Å². The van der Waals surface area contributed by atoms with Crippen LogP contribution in [0.4, 0.5) is 0 Å². The molecule has 0 aliphatic rings. The third-order valence-corrected chi connectivity index (χ3v) is 5.16. The van der Waals surface area contributed by atoms with Gasteiger partial charge in [0.1, 0.15) is 11.5 Å². The van der Waals surface area contributed by atoms with Gasteiger partial charge in [-0.15, -0.1) is 0 Å². The van der Waals surface area contributed by atoms with Gasteiger partial charge >= 0.3 is 0 Å². The number of carbonyl (C=O) groups is 1. The molecule has 0 bridgehead atoms. The molecule has 0 fully saturated rings. The van der Waals surface area contributed by atoms with Crippen LogP contribution in [0.1, 0.15) is 26.3 Å². The second-order valence-electron chi connectivity index (χ2n) is 6.96. The van der Waals surface area contributed by atoms with E-state index in [4.69, 9.17) is 14.7 Å². The minimum absolute atomic E-state index is 0.0170. The van der Waals surface area contributed by atoms with Crippen LogP contribution in [0.25, 0.3) is 11.0 Å². The van der Waals surface area contributed by atoms with Crippen molar-refractivity contribution < 1.29 is 19.5 Å². The van der Waals surface area contributed by atoms with Gasteiger partial charge in [0.25, 0.3) is 5.91 Å². The number of hydrogen-bond acceptors (Lipinski definition) is 6. The number of rotatable bonds is 6. The van der Waals surface area contributed by atoms with Crippen molar-refractivity contribution in [3.05, 3.63) is 54.2 Å². The summed E-state index contributed by atoms with van der Waals surface area (Å²) >= 11 is 0. The van der Waals surface area contributed by atoms with Crippen molar-refractivity contribution in [2.24, 2.45) is 5.92 Å². The molecule has 0 unspecified atom stereocenters. The number of pyridine rings is 2. The van der Waals surface area contributed by atoms with E-state index in [9.17, 15) is 4.79 Å². The van der Waals surface area contributed by atoms with Gasteiger partial charge in [-0.25, -0.2) is 10.5 Å². The number of methoxy groups -OCH3 is 1. The number of ether oxygens (including phenoxy) is 2. The van der Waals surface area contributed by atoms with E-state index in [0.29, 0.717) is 23.0 Å². The van der Waals surface area contributed by atoms with Gasteiger partial charge in [0.2, 0.25) is 5.88 Å². The molecule has 28 heavy (non-hydrogen) atoms. The average Bonchev–Trinajstić information content (AvgIpc) is 2.72. The largest absolute Gasteiger partial charge is 0.481 e. The first-order chi connectivity index (χ1) is 13.4. The summed E-state index contributed by atoms with van der Waals surface area (Å²) in [4.78, 5) is 20.8. The highest BCUT2D eigenvalue weighted by Crippen LogP contribution is 2.35. The van der Waals surface area contributed by atoms with Gasteiger partial charge in [-0.1, -0.05) is 26.0 Å². The van der Waals surface area contributed by atoms with E-state index in [0.717, 1.165) is 10.9 Å². The molecule has 1 amide bonds. The van der Waals surface area contributed by atoms with Crippen LogP contribution >= 0.6 is 0 Å². The Labute approximate surface area is 163 Å². The number of carbonyl (C=O) groups excluding carboxylic acids is 1.